The largest absolute Gasteiger partial charge is 0.472 e. The second-order valence-corrected chi connectivity index (χ2v) is 18.6. The van der Waals surface area contributed by atoms with Gasteiger partial charge in [0, 0.05) is 19.4 Å². The highest BCUT2D eigenvalue weighted by molar-refractivity contribution is 7.47. The summed E-state index contributed by atoms with van der Waals surface area (Å²) in [7, 11) is -4.42. The molecule has 0 aliphatic rings. The smallest absolute Gasteiger partial charge is 0.463 e. The second kappa shape index (κ2) is 47.0. The van der Waals surface area contributed by atoms with Crippen LogP contribution in [0.3, 0.4) is 0 Å². The summed E-state index contributed by atoms with van der Waals surface area (Å²) in [5, 5.41) is 12.7. The number of phosphoric acid groups is 1. The summed E-state index contributed by atoms with van der Waals surface area (Å²) >= 11 is 0. The van der Waals surface area contributed by atoms with E-state index >= 15 is 0 Å². The molecule has 0 saturated carbocycles. The minimum Gasteiger partial charge on any atom is -0.463 e. The molecule has 0 aromatic carbocycles. The first-order valence-corrected chi connectivity index (χ1v) is 26.8. The number of ether oxygens (including phenoxy) is 1. The molecule has 0 bridgehead atoms. The fraction of sp³-hybridized carbons (Fsp3) is 0.880. The van der Waals surface area contributed by atoms with Crippen LogP contribution in [-0.2, 0) is 27.9 Å². The third-order valence-corrected chi connectivity index (χ3v) is 12.1. The van der Waals surface area contributed by atoms with Crippen molar-refractivity contribution in [2.45, 2.75) is 258 Å². The zero-order valence-corrected chi connectivity index (χ0v) is 40.1. The molecule has 0 aromatic rings. The van der Waals surface area contributed by atoms with Crippen molar-refractivity contribution in [2.24, 2.45) is 0 Å². The van der Waals surface area contributed by atoms with Crippen molar-refractivity contribution in [3.63, 3.8) is 0 Å². The van der Waals surface area contributed by atoms with Crippen LogP contribution in [0.25, 0.3) is 0 Å². The zero-order valence-electron chi connectivity index (χ0n) is 39.2. The van der Waals surface area contributed by atoms with Crippen LogP contribution in [0.1, 0.15) is 251 Å². The fourth-order valence-corrected chi connectivity index (χ4v) is 8.05. The highest BCUT2D eigenvalue weighted by Crippen LogP contribution is 2.42. The van der Waals surface area contributed by atoms with E-state index in [2.05, 4.69) is 43.5 Å². The van der Waals surface area contributed by atoms with Gasteiger partial charge in [-0.05, 0) is 44.9 Å². The molecule has 0 spiro atoms. The molecule has 0 aromatic heterocycles. The van der Waals surface area contributed by atoms with Gasteiger partial charge in [0.1, 0.15) is 12.7 Å². The maximum atomic E-state index is 12.1. The van der Waals surface area contributed by atoms with Crippen LogP contribution in [0.4, 0.5) is 0 Å². The maximum absolute atomic E-state index is 12.1. The Balaban J connectivity index is 3.53. The standard InChI is InChI=1S/C50H96NO8P/c1-3-5-7-9-11-13-15-17-19-21-23-25-27-29-31-33-35-37-39-41-43-50(54)57-46-48(52)47-59-60(55,56)58-45-44-51-49(53)42-40-38-36-34-32-30-28-26-24-22-20-18-16-14-12-10-8-6-4-2/h12,14,18,20,48,52H,3-11,13,15-17,19,21-47H2,1-2H3,(H,51,53)(H,55,56)/b14-12-,20-18-. The monoisotopic (exact) mass is 870 g/mol. The van der Waals surface area contributed by atoms with Crippen LogP contribution in [0.5, 0.6) is 0 Å². The van der Waals surface area contributed by atoms with Gasteiger partial charge in [0.15, 0.2) is 0 Å². The minimum absolute atomic E-state index is 0.0817. The number of carbonyl (C=O) groups is 2. The van der Waals surface area contributed by atoms with Gasteiger partial charge in [-0.15, -0.1) is 0 Å². The van der Waals surface area contributed by atoms with Crippen LogP contribution in [0, 0.1) is 0 Å². The highest BCUT2D eigenvalue weighted by atomic mass is 31.2. The molecule has 0 rings (SSSR count). The van der Waals surface area contributed by atoms with Crippen molar-refractivity contribution in [1.82, 2.24) is 5.32 Å². The van der Waals surface area contributed by atoms with Gasteiger partial charge >= 0.3 is 13.8 Å². The van der Waals surface area contributed by atoms with Crippen LogP contribution < -0.4 is 5.32 Å². The number of nitrogens with one attached hydrogen (secondary N) is 1. The Morgan fingerprint density at radius 2 is 0.900 bits per heavy atom. The van der Waals surface area contributed by atoms with Crippen molar-refractivity contribution < 1.29 is 37.9 Å². The van der Waals surface area contributed by atoms with Gasteiger partial charge < -0.3 is 20.1 Å². The Morgan fingerprint density at radius 1 is 0.517 bits per heavy atom. The Hall–Kier alpha value is -1.51. The number of esters is 1. The summed E-state index contributed by atoms with van der Waals surface area (Å²) in [5.41, 5.74) is 0. The van der Waals surface area contributed by atoms with Crippen molar-refractivity contribution >= 4 is 19.7 Å². The number of aliphatic hydroxyl groups excluding tert-OH is 1. The van der Waals surface area contributed by atoms with E-state index in [9.17, 15) is 24.2 Å². The van der Waals surface area contributed by atoms with Crippen LogP contribution in [0.15, 0.2) is 24.3 Å². The predicted octanol–water partition coefficient (Wildman–Crippen LogP) is 14.7. The first kappa shape index (κ1) is 58.5. The van der Waals surface area contributed by atoms with Crippen LogP contribution >= 0.6 is 7.82 Å². The van der Waals surface area contributed by atoms with Crippen molar-refractivity contribution in [3.8, 4) is 0 Å². The third kappa shape index (κ3) is 47.5. The molecule has 2 unspecified atom stereocenters. The van der Waals surface area contributed by atoms with E-state index in [1.54, 1.807) is 0 Å². The normalized spacial score (nSPS) is 13.3. The molecule has 354 valence electrons. The Bertz CT molecular complexity index is 1040. The molecule has 0 saturated heterocycles. The summed E-state index contributed by atoms with van der Waals surface area (Å²) in [6.45, 7) is 3.57. The minimum atomic E-state index is -4.42. The number of aliphatic hydroxyl groups is 1. The molecule has 0 fully saturated rings. The zero-order chi connectivity index (χ0) is 43.9. The molecular formula is C50H96NO8P. The van der Waals surface area contributed by atoms with Crippen molar-refractivity contribution in [1.29, 1.82) is 0 Å². The summed E-state index contributed by atoms with van der Waals surface area (Å²) in [6, 6.07) is 0. The van der Waals surface area contributed by atoms with Gasteiger partial charge in [-0.3, -0.25) is 18.6 Å². The number of allylic oxidation sites excluding steroid dienone is 4. The topological polar surface area (TPSA) is 131 Å². The fourth-order valence-electron chi connectivity index (χ4n) is 7.30. The molecular weight excluding hydrogens is 774 g/mol. The van der Waals surface area contributed by atoms with E-state index < -0.39 is 26.5 Å². The van der Waals surface area contributed by atoms with Gasteiger partial charge in [-0.1, -0.05) is 218 Å². The van der Waals surface area contributed by atoms with E-state index in [4.69, 9.17) is 13.8 Å². The van der Waals surface area contributed by atoms with E-state index in [1.165, 1.54) is 180 Å². The molecule has 3 N–H and O–H groups in total. The number of amides is 1. The summed E-state index contributed by atoms with van der Waals surface area (Å²) < 4.78 is 27.0. The average molecular weight is 870 g/mol. The summed E-state index contributed by atoms with van der Waals surface area (Å²) in [5.74, 6) is -0.510. The number of hydrogen-bond donors (Lipinski definition) is 3. The van der Waals surface area contributed by atoms with E-state index in [0.29, 0.717) is 6.42 Å². The first-order valence-electron chi connectivity index (χ1n) is 25.3. The lowest BCUT2D eigenvalue weighted by molar-refractivity contribution is -0.147. The van der Waals surface area contributed by atoms with Gasteiger partial charge in [-0.2, -0.15) is 0 Å². The molecule has 0 aliphatic heterocycles. The molecule has 10 heteroatoms. The quantitative estimate of drug-likeness (QED) is 0.0238. The van der Waals surface area contributed by atoms with E-state index in [-0.39, 0.29) is 32.1 Å². The van der Waals surface area contributed by atoms with Gasteiger partial charge in [-0.25, -0.2) is 4.57 Å². The number of phosphoric ester groups is 1. The van der Waals surface area contributed by atoms with E-state index in [1.807, 2.05) is 0 Å². The molecule has 0 radical (unpaired) electrons. The SMILES string of the molecule is CCCCC/C=C\C/C=C\CCCCCCCCCCCC(=O)NCCOP(=O)(O)OCC(O)COC(=O)CCCCCCCCCCCCCCCCCCCCCC. The number of rotatable bonds is 48. The molecule has 0 heterocycles. The number of hydrogen-bond acceptors (Lipinski definition) is 7. The van der Waals surface area contributed by atoms with Gasteiger partial charge in [0.05, 0.1) is 13.2 Å². The lowest BCUT2D eigenvalue weighted by Gasteiger charge is -2.15. The van der Waals surface area contributed by atoms with Gasteiger partial charge in [0.25, 0.3) is 0 Å². The molecule has 1 amide bonds. The Morgan fingerprint density at radius 3 is 1.37 bits per heavy atom. The average Bonchev–Trinajstić information content (AvgIpc) is 3.23. The molecule has 60 heavy (non-hydrogen) atoms. The first-order chi connectivity index (χ1) is 29.3. The lowest BCUT2D eigenvalue weighted by atomic mass is 10.0. The lowest BCUT2D eigenvalue weighted by Crippen LogP contribution is -2.27. The number of unbranched alkanes of at least 4 members (excludes halogenated alkanes) is 31. The molecule has 2 atom stereocenters. The predicted molar refractivity (Wildman–Crippen MR) is 252 cm³/mol. The summed E-state index contributed by atoms with van der Waals surface area (Å²) in [6.07, 6.45) is 52.6. The second-order valence-electron chi connectivity index (χ2n) is 17.1. The van der Waals surface area contributed by atoms with Crippen LogP contribution in [0.2, 0.25) is 0 Å². The molecule has 0 aliphatic carbocycles. The molecule has 9 nitrogen and oxygen atoms in total. The van der Waals surface area contributed by atoms with Gasteiger partial charge in [0.2, 0.25) is 5.91 Å². The van der Waals surface area contributed by atoms with Crippen molar-refractivity contribution in [3.05, 3.63) is 24.3 Å². The number of carbonyl (C=O) groups excluding carboxylic acids is 2. The highest BCUT2D eigenvalue weighted by Gasteiger charge is 2.23. The van der Waals surface area contributed by atoms with E-state index in [0.717, 1.165) is 44.9 Å². The Labute approximate surface area is 370 Å². The maximum Gasteiger partial charge on any atom is 0.472 e. The Kier molecular flexibility index (Phi) is 45.8. The van der Waals surface area contributed by atoms with Crippen molar-refractivity contribution in [2.75, 3.05) is 26.4 Å². The third-order valence-electron chi connectivity index (χ3n) is 11.1. The summed E-state index contributed by atoms with van der Waals surface area (Å²) in [4.78, 5) is 34.0. The van der Waals surface area contributed by atoms with Crippen LogP contribution in [-0.4, -0.2) is 54.3 Å².